The number of Topliss-reactive ketones (excluding diaryl/α,β-unsaturated/α-hetero) is 3. The van der Waals surface area contributed by atoms with Crippen molar-refractivity contribution in [3.8, 4) is 5.75 Å². The molecule has 0 saturated heterocycles. The van der Waals surface area contributed by atoms with Gasteiger partial charge in [0.05, 0.1) is 5.56 Å². The lowest BCUT2D eigenvalue weighted by Gasteiger charge is -2.19. The summed E-state index contributed by atoms with van der Waals surface area (Å²) in [6.07, 6.45) is -0.0792. The lowest BCUT2D eigenvalue weighted by Crippen LogP contribution is -2.22. The van der Waals surface area contributed by atoms with E-state index in [0.717, 1.165) is 0 Å². The van der Waals surface area contributed by atoms with Crippen molar-refractivity contribution in [1.29, 1.82) is 0 Å². The average molecular weight is 244 g/mol. The molecule has 18 heavy (non-hydrogen) atoms. The molecular formula is C14H12O4. The Labute approximate surface area is 104 Å². The molecule has 0 atom stereocenters. The summed E-state index contributed by atoms with van der Waals surface area (Å²) in [6.45, 7) is 2.89. The minimum atomic E-state index is -0.435. The number of carbonyl (C=O) groups is 3. The first-order valence-electron chi connectivity index (χ1n) is 5.54. The Bertz CT molecular complexity index is 608. The molecule has 1 aliphatic carbocycles. The Balaban J connectivity index is 2.64. The largest absolute Gasteiger partial charge is 0.507 e. The third kappa shape index (κ3) is 1.76. The zero-order valence-corrected chi connectivity index (χ0v) is 10.1. The van der Waals surface area contributed by atoms with Crippen molar-refractivity contribution in [2.75, 3.05) is 0 Å². The second-order valence-corrected chi connectivity index (χ2v) is 4.34. The van der Waals surface area contributed by atoms with E-state index in [-0.39, 0.29) is 46.0 Å². The number of fused-ring (bicyclic) bond motifs is 1. The smallest absolute Gasteiger partial charge is 0.194 e. The molecule has 0 heterocycles. The van der Waals surface area contributed by atoms with Crippen LogP contribution < -0.4 is 0 Å². The number of phenolic OH excluding ortho intramolecular Hbond substituents is 1. The predicted molar refractivity (Wildman–Crippen MR) is 64.8 cm³/mol. The zero-order valence-electron chi connectivity index (χ0n) is 10.1. The Kier molecular flexibility index (Phi) is 2.87. The fourth-order valence-corrected chi connectivity index (χ4v) is 2.09. The normalized spacial score (nSPS) is 14.8. The Hall–Kier alpha value is -2.23. The fraction of sp³-hybridized carbons (Fsp3) is 0.214. The van der Waals surface area contributed by atoms with Gasteiger partial charge in [0.15, 0.2) is 11.6 Å². The number of carbonyl (C=O) groups excluding carboxylic acids is 3. The van der Waals surface area contributed by atoms with Gasteiger partial charge in [0.25, 0.3) is 0 Å². The van der Waals surface area contributed by atoms with Crippen LogP contribution in [-0.4, -0.2) is 22.5 Å². The van der Waals surface area contributed by atoms with Crippen molar-refractivity contribution in [3.63, 3.8) is 0 Å². The Morgan fingerprint density at radius 1 is 1.22 bits per heavy atom. The van der Waals surface area contributed by atoms with Crippen LogP contribution in [0.15, 0.2) is 29.3 Å². The molecule has 0 aromatic heterocycles. The maximum Gasteiger partial charge on any atom is 0.194 e. The number of allylic oxidation sites excluding steroid dienone is 2. The fourth-order valence-electron chi connectivity index (χ4n) is 2.09. The number of phenols is 1. The lowest BCUT2D eigenvalue weighted by atomic mass is 9.82. The highest BCUT2D eigenvalue weighted by molar-refractivity contribution is 6.28. The molecule has 0 aliphatic heterocycles. The second-order valence-electron chi connectivity index (χ2n) is 4.34. The van der Waals surface area contributed by atoms with Crippen molar-refractivity contribution in [2.24, 2.45) is 0 Å². The first kappa shape index (κ1) is 12.2. The van der Waals surface area contributed by atoms with Crippen molar-refractivity contribution in [1.82, 2.24) is 0 Å². The molecule has 0 amide bonds. The third-order valence-corrected chi connectivity index (χ3v) is 3.01. The highest BCUT2D eigenvalue weighted by Crippen LogP contribution is 2.32. The van der Waals surface area contributed by atoms with Crippen LogP contribution in [0, 0.1) is 0 Å². The van der Waals surface area contributed by atoms with E-state index >= 15 is 0 Å². The highest BCUT2D eigenvalue weighted by Gasteiger charge is 2.32. The van der Waals surface area contributed by atoms with Gasteiger partial charge in [-0.25, -0.2) is 0 Å². The number of aromatic hydroxyl groups is 1. The van der Waals surface area contributed by atoms with E-state index in [1.54, 1.807) is 0 Å². The number of hydrogen-bond donors (Lipinski definition) is 1. The molecule has 0 spiro atoms. The van der Waals surface area contributed by atoms with Crippen molar-refractivity contribution < 1.29 is 19.5 Å². The summed E-state index contributed by atoms with van der Waals surface area (Å²) in [7, 11) is 0. The molecule has 0 unspecified atom stereocenters. The van der Waals surface area contributed by atoms with Crippen LogP contribution in [0.2, 0.25) is 0 Å². The molecular weight excluding hydrogens is 232 g/mol. The SMILES string of the molecule is CC(=O)CC1=C(C)C(=O)c2cccc(O)c2C1=O. The minimum absolute atomic E-state index is 0.00403. The molecule has 1 aliphatic rings. The van der Waals surface area contributed by atoms with E-state index in [9.17, 15) is 19.5 Å². The summed E-state index contributed by atoms with van der Waals surface area (Å²) in [6, 6.07) is 4.38. The van der Waals surface area contributed by atoms with Gasteiger partial charge in [-0.05, 0) is 19.9 Å². The number of rotatable bonds is 2. The van der Waals surface area contributed by atoms with Gasteiger partial charge in [0, 0.05) is 23.1 Å². The Morgan fingerprint density at radius 3 is 2.50 bits per heavy atom. The van der Waals surface area contributed by atoms with Crippen molar-refractivity contribution >= 4 is 17.3 Å². The van der Waals surface area contributed by atoms with Gasteiger partial charge >= 0.3 is 0 Å². The zero-order chi connectivity index (χ0) is 13.4. The van der Waals surface area contributed by atoms with E-state index in [0.29, 0.717) is 0 Å². The lowest BCUT2D eigenvalue weighted by molar-refractivity contribution is -0.116. The van der Waals surface area contributed by atoms with E-state index in [2.05, 4.69) is 0 Å². The molecule has 0 radical (unpaired) electrons. The van der Waals surface area contributed by atoms with Crippen LogP contribution in [0.1, 0.15) is 41.0 Å². The molecule has 2 rings (SSSR count). The summed E-state index contributed by atoms with van der Waals surface area (Å²) >= 11 is 0. The molecule has 1 aromatic rings. The van der Waals surface area contributed by atoms with Crippen LogP contribution in [0.4, 0.5) is 0 Å². The first-order chi connectivity index (χ1) is 8.43. The van der Waals surface area contributed by atoms with Crippen LogP contribution in [0.25, 0.3) is 0 Å². The van der Waals surface area contributed by atoms with Crippen LogP contribution in [0.3, 0.4) is 0 Å². The second kappa shape index (κ2) is 4.22. The minimum Gasteiger partial charge on any atom is -0.507 e. The molecule has 0 bridgehead atoms. The summed E-state index contributed by atoms with van der Waals surface area (Å²) in [5, 5.41) is 9.70. The molecule has 92 valence electrons. The summed E-state index contributed by atoms with van der Waals surface area (Å²) in [5.41, 5.74) is 0.670. The van der Waals surface area contributed by atoms with Gasteiger partial charge in [0.2, 0.25) is 0 Å². The maximum absolute atomic E-state index is 12.2. The van der Waals surface area contributed by atoms with Gasteiger partial charge in [-0.1, -0.05) is 12.1 Å². The molecule has 0 fully saturated rings. The van der Waals surface area contributed by atoms with Gasteiger partial charge in [-0.15, -0.1) is 0 Å². The molecule has 1 N–H and O–H groups in total. The van der Waals surface area contributed by atoms with E-state index in [4.69, 9.17) is 0 Å². The number of ketones is 3. The first-order valence-corrected chi connectivity index (χ1v) is 5.54. The maximum atomic E-state index is 12.2. The van der Waals surface area contributed by atoms with Crippen molar-refractivity contribution in [3.05, 3.63) is 40.5 Å². The van der Waals surface area contributed by atoms with Crippen LogP contribution >= 0.6 is 0 Å². The number of benzene rings is 1. The number of hydrogen-bond acceptors (Lipinski definition) is 4. The summed E-state index contributed by atoms with van der Waals surface area (Å²) in [4.78, 5) is 35.4. The molecule has 4 nitrogen and oxygen atoms in total. The Morgan fingerprint density at radius 2 is 1.89 bits per heavy atom. The van der Waals surface area contributed by atoms with Gasteiger partial charge < -0.3 is 5.11 Å². The van der Waals surface area contributed by atoms with Crippen LogP contribution in [0.5, 0.6) is 5.75 Å². The van der Waals surface area contributed by atoms with Crippen LogP contribution in [-0.2, 0) is 4.79 Å². The van der Waals surface area contributed by atoms with Crippen molar-refractivity contribution in [2.45, 2.75) is 20.3 Å². The average Bonchev–Trinajstić information content (AvgIpc) is 2.31. The third-order valence-electron chi connectivity index (χ3n) is 3.01. The topological polar surface area (TPSA) is 71.4 Å². The quantitative estimate of drug-likeness (QED) is 0.864. The van der Waals surface area contributed by atoms with E-state index in [1.807, 2.05) is 0 Å². The van der Waals surface area contributed by atoms with Gasteiger partial charge in [-0.3, -0.25) is 14.4 Å². The predicted octanol–water partition coefficient (Wildman–Crippen LogP) is 2.07. The van der Waals surface area contributed by atoms with E-state index < -0.39 is 5.78 Å². The molecule has 0 saturated carbocycles. The molecule has 4 heteroatoms. The van der Waals surface area contributed by atoms with Gasteiger partial charge in [0.1, 0.15) is 11.5 Å². The summed E-state index contributed by atoms with van der Waals surface area (Å²) in [5.74, 6) is -1.16. The standard InChI is InChI=1S/C14H12O4/c1-7(15)6-10-8(2)13(17)9-4-3-5-11(16)12(9)14(10)18/h3-5,16H,6H2,1-2H3. The van der Waals surface area contributed by atoms with Gasteiger partial charge in [-0.2, -0.15) is 0 Å². The monoisotopic (exact) mass is 244 g/mol. The van der Waals surface area contributed by atoms with E-state index in [1.165, 1.54) is 32.0 Å². The molecule has 1 aromatic carbocycles. The summed E-state index contributed by atoms with van der Waals surface area (Å²) < 4.78 is 0. The highest BCUT2D eigenvalue weighted by atomic mass is 16.3.